The first-order valence-corrected chi connectivity index (χ1v) is 20.9. The lowest BCUT2D eigenvalue weighted by atomic mass is 9.30. The predicted molar refractivity (Wildman–Crippen MR) is 197 cm³/mol. The first-order chi connectivity index (χ1) is 25.7. The largest absolute Gasteiger partial charge is 0.396 e. The predicted octanol–water partition coefficient (Wildman–Crippen LogP) is 1.78. The molecule has 0 radical (unpaired) electrons. The van der Waals surface area contributed by atoms with Crippen molar-refractivity contribution in [2.24, 2.45) is 50.2 Å². The summed E-state index contributed by atoms with van der Waals surface area (Å²) < 4.78 is 31.1. The molecule has 13 heteroatoms. The zero-order valence-corrected chi connectivity index (χ0v) is 33.7. The summed E-state index contributed by atoms with van der Waals surface area (Å²) >= 11 is 0. The van der Waals surface area contributed by atoms with Crippen molar-refractivity contribution in [1.82, 2.24) is 0 Å². The molecule has 5 aliphatic carbocycles. The van der Waals surface area contributed by atoms with Crippen molar-refractivity contribution < 1.29 is 64.5 Å². The van der Waals surface area contributed by atoms with Gasteiger partial charge in [-0.1, -0.05) is 53.7 Å². The van der Waals surface area contributed by atoms with E-state index >= 15 is 0 Å². The molecule has 21 unspecified atom stereocenters. The molecule has 13 nitrogen and oxygen atoms in total. The summed E-state index contributed by atoms with van der Waals surface area (Å²) in [5.74, 6) is 0.419. The Morgan fingerprint density at radius 1 is 0.764 bits per heavy atom. The van der Waals surface area contributed by atoms with Gasteiger partial charge in [0.2, 0.25) is 0 Å². The molecule has 2 bridgehead atoms. The Morgan fingerprint density at radius 2 is 1.47 bits per heavy atom. The van der Waals surface area contributed by atoms with Crippen molar-refractivity contribution in [3.63, 3.8) is 0 Å². The lowest BCUT2D eigenvalue weighted by molar-refractivity contribution is -0.363. The number of rotatable bonds is 6. The lowest BCUT2D eigenvalue weighted by Gasteiger charge is -2.74. The minimum Gasteiger partial charge on any atom is -0.396 e. The fraction of sp³-hybridized carbons (Fsp3) is 0.952. The number of aliphatic hydroxyl groups excluding tert-OH is 8. The second-order valence-corrected chi connectivity index (χ2v) is 21.1. The van der Waals surface area contributed by atoms with Crippen LogP contribution >= 0.6 is 0 Å². The second-order valence-electron chi connectivity index (χ2n) is 21.1. The summed E-state index contributed by atoms with van der Waals surface area (Å²) in [5.41, 5.74) is -1.93. The van der Waals surface area contributed by atoms with E-state index < -0.39 is 85.1 Å². The average Bonchev–Trinajstić information content (AvgIpc) is 3.41. The molecule has 3 aliphatic heterocycles. The smallest absolute Gasteiger partial charge is 0.187 e. The Kier molecular flexibility index (Phi) is 9.95. The zero-order chi connectivity index (χ0) is 39.9. The van der Waals surface area contributed by atoms with E-state index in [9.17, 15) is 40.9 Å². The number of ether oxygens (including phenoxy) is 5. The first-order valence-electron chi connectivity index (χ1n) is 20.9. The Bertz CT molecular complexity index is 1490. The van der Waals surface area contributed by atoms with Gasteiger partial charge in [-0.2, -0.15) is 0 Å². The molecule has 1 spiro atoms. The lowest BCUT2D eigenvalue weighted by Crippen LogP contribution is -2.73. The molecule has 0 aromatic carbocycles. The van der Waals surface area contributed by atoms with Crippen molar-refractivity contribution in [3.8, 4) is 0 Å². The van der Waals surface area contributed by atoms with Gasteiger partial charge in [0.05, 0.1) is 37.1 Å². The van der Waals surface area contributed by atoms with Crippen molar-refractivity contribution >= 4 is 0 Å². The first kappa shape index (κ1) is 41.0. The molecular formula is C42H68O13. The number of hydrogen-bond donors (Lipinski definition) is 8. The highest BCUT2D eigenvalue weighted by Crippen LogP contribution is 2.80. The van der Waals surface area contributed by atoms with Gasteiger partial charge in [0.15, 0.2) is 12.6 Å². The monoisotopic (exact) mass is 780 g/mol. The van der Waals surface area contributed by atoms with Gasteiger partial charge in [0, 0.05) is 23.4 Å². The van der Waals surface area contributed by atoms with E-state index in [1.165, 1.54) is 0 Å². The van der Waals surface area contributed by atoms with Crippen LogP contribution < -0.4 is 0 Å². The highest BCUT2D eigenvalue weighted by atomic mass is 16.7. The SMILES string of the molecule is CC1OC(OC2CCC3(C)C(C2)C(C)(CO)CC2(C)C3C=CC34OCC5(CCC(C)(C)CC53)C(O)CC24C)C(O)C(OC2OC(CO)C(O)C(O)C2O)C1O. The van der Waals surface area contributed by atoms with Crippen molar-refractivity contribution in [1.29, 1.82) is 0 Å². The maximum atomic E-state index is 12.2. The van der Waals surface area contributed by atoms with Crippen LogP contribution in [0.3, 0.4) is 0 Å². The van der Waals surface area contributed by atoms with E-state index in [2.05, 4.69) is 53.7 Å². The van der Waals surface area contributed by atoms with E-state index in [1.54, 1.807) is 6.92 Å². The van der Waals surface area contributed by atoms with Crippen LogP contribution in [0.5, 0.6) is 0 Å². The molecule has 3 heterocycles. The molecule has 8 rings (SSSR count). The molecule has 0 aromatic heterocycles. The quantitative estimate of drug-likeness (QED) is 0.143. The van der Waals surface area contributed by atoms with Crippen molar-refractivity contribution in [2.45, 2.75) is 179 Å². The third-order valence-corrected chi connectivity index (χ3v) is 17.7. The van der Waals surface area contributed by atoms with Gasteiger partial charge in [0.1, 0.15) is 42.7 Å². The van der Waals surface area contributed by atoms with Gasteiger partial charge in [-0.25, -0.2) is 0 Å². The Balaban J connectivity index is 1.05. The van der Waals surface area contributed by atoms with Gasteiger partial charge >= 0.3 is 0 Å². The van der Waals surface area contributed by atoms with Crippen LogP contribution in [0.1, 0.15) is 99.8 Å². The van der Waals surface area contributed by atoms with Crippen LogP contribution in [0.4, 0.5) is 0 Å². The Hall–Kier alpha value is -0.780. The molecule has 0 amide bonds. The van der Waals surface area contributed by atoms with Crippen LogP contribution in [-0.4, -0.2) is 140 Å². The van der Waals surface area contributed by atoms with Gasteiger partial charge in [-0.3, -0.25) is 0 Å². The minimum absolute atomic E-state index is 0.0142. The second kappa shape index (κ2) is 13.4. The molecule has 4 saturated carbocycles. The highest BCUT2D eigenvalue weighted by molar-refractivity contribution is 5.36. The summed E-state index contributed by atoms with van der Waals surface area (Å²) in [6.45, 7) is 15.6. The van der Waals surface area contributed by atoms with Gasteiger partial charge in [-0.05, 0) is 91.8 Å². The standard InChI is InChI=1S/C42H68O13/c1-21-28(46)33(55-34-31(49)30(48)29(47)23(17-43)54-34)32(50)35(52-21)53-22-8-10-38(5)24-9-11-42-26-15-36(2,3)12-13-41(26,20-51-42)27(45)16-40(42,7)39(24,6)18-37(4,19-44)25(38)14-22/h9,11,21-35,43-50H,8,10,12-20H2,1-7H3. The van der Waals surface area contributed by atoms with E-state index in [0.29, 0.717) is 25.9 Å². The molecule has 0 aromatic rings. The highest BCUT2D eigenvalue weighted by Gasteiger charge is 2.79. The molecule has 7 fully saturated rings. The topological polar surface area (TPSA) is 208 Å². The third-order valence-electron chi connectivity index (χ3n) is 17.7. The van der Waals surface area contributed by atoms with Crippen molar-refractivity contribution in [3.05, 3.63) is 12.2 Å². The molecule has 55 heavy (non-hydrogen) atoms. The third kappa shape index (κ3) is 5.58. The van der Waals surface area contributed by atoms with E-state index in [-0.39, 0.29) is 57.5 Å². The summed E-state index contributed by atoms with van der Waals surface area (Å²) in [6.07, 6.45) is -3.37. The number of allylic oxidation sites excluding steroid dienone is 1. The molecular weight excluding hydrogens is 712 g/mol. The van der Waals surface area contributed by atoms with E-state index in [1.807, 2.05) is 0 Å². The summed E-state index contributed by atoms with van der Waals surface area (Å²) in [7, 11) is 0. The van der Waals surface area contributed by atoms with Gasteiger partial charge in [0.25, 0.3) is 0 Å². The Labute approximate surface area is 325 Å². The number of hydrogen-bond acceptors (Lipinski definition) is 13. The molecule has 8 N–H and O–H groups in total. The van der Waals surface area contributed by atoms with Crippen molar-refractivity contribution in [2.75, 3.05) is 19.8 Å². The van der Waals surface area contributed by atoms with Crippen LogP contribution in [0, 0.1) is 50.2 Å². The van der Waals surface area contributed by atoms with Crippen LogP contribution in [-0.2, 0) is 23.7 Å². The fourth-order valence-electron chi connectivity index (χ4n) is 14.4. The van der Waals surface area contributed by atoms with Crippen LogP contribution in [0.2, 0.25) is 0 Å². The maximum Gasteiger partial charge on any atom is 0.187 e. The maximum absolute atomic E-state index is 12.2. The number of aliphatic hydroxyl groups is 8. The van der Waals surface area contributed by atoms with Crippen LogP contribution in [0.25, 0.3) is 0 Å². The van der Waals surface area contributed by atoms with Gasteiger partial charge in [-0.15, -0.1) is 0 Å². The normalized spacial score (nSPS) is 59.7. The molecule has 21 atom stereocenters. The number of fused-ring (bicyclic) bond motifs is 4. The zero-order valence-electron chi connectivity index (χ0n) is 33.7. The molecule has 8 aliphatic rings. The summed E-state index contributed by atoms with van der Waals surface area (Å²) in [5, 5.41) is 86.9. The van der Waals surface area contributed by atoms with E-state index in [0.717, 1.165) is 32.1 Å². The Morgan fingerprint density at radius 3 is 2.16 bits per heavy atom. The van der Waals surface area contributed by atoms with Gasteiger partial charge < -0.3 is 64.5 Å². The summed E-state index contributed by atoms with van der Waals surface area (Å²) in [6, 6.07) is 0. The minimum atomic E-state index is -1.71. The van der Waals surface area contributed by atoms with E-state index in [4.69, 9.17) is 23.7 Å². The average molecular weight is 781 g/mol. The van der Waals surface area contributed by atoms with Crippen LogP contribution in [0.15, 0.2) is 12.2 Å². The fourth-order valence-corrected chi connectivity index (χ4v) is 14.4. The molecule has 3 saturated heterocycles. The summed E-state index contributed by atoms with van der Waals surface area (Å²) in [4.78, 5) is 0. The molecule has 314 valence electrons.